The first kappa shape index (κ1) is 21.7. The van der Waals surface area contributed by atoms with Crippen molar-refractivity contribution in [3.63, 3.8) is 0 Å². The second kappa shape index (κ2) is 9.12. The molecule has 0 heterocycles. The van der Waals surface area contributed by atoms with E-state index in [2.05, 4.69) is 0 Å². The van der Waals surface area contributed by atoms with E-state index in [1.807, 2.05) is 0 Å². The maximum Gasteiger partial charge on any atom is 0.381 e. The van der Waals surface area contributed by atoms with Gasteiger partial charge in [0, 0.05) is 13.1 Å². The van der Waals surface area contributed by atoms with Gasteiger partial charge in [-0.25, -0.2) is 9.69 Å². The van der Waals surface area contributed by atoms with Gasteiger partial charge >= 0.3 is 29.8 Å². The second-order valence-electron chi connectivity index (χ2n) is 4.89. The van der Waals surface area contributed by atoms with Gasteiger partial charge in [0.1, 0.15) is 6.04 Å². The van der Waals surface area contributed by atoms with E-state index in [1.54, 1.807) is 0 Å². The van der Waals surface area contributed by atoms with Crippen molar-refractivity contribution in [2.75, 3.05) is 26.2 Å². The Hall–Kier alpha value is -2.28. The lowest BCUT2D eigenvalue weighted by Crippen LogP contribution is -2.62. The molecule has 0 aromatic rings. The van der Waals surface area contributed by atoms with Crippen molar-refractivity contribution in [2.45, 2.75) is 25.3 Å². The predicted octanol–water partition coefficient (Wildman–Crippen LogP) is -2.65. The molecule has 0 bridgehead atoms. The molecule has 0 fully saturated rings. The molecule has 0 amide bonds. The maximum atomic E-state index is 11.2. The highest BCUT2D eigenvalue weighted by atomic mass is 16.6. The van der Waals surface area contributed by atoms with Crippen LogP contribution in [0.15, 0.2) is 0 Å². The van der Waals surface area contributed by atoms with Gasteiger partial charge in [0.15, 0.2) is 0 Å². The Morgan fingerprint density at radius 2 is 1.38 bits per heavy atom. The summed E-state index contributed by atoms with van der Waals surface area (Å²) < 4.78 is 0. The predicted molar refractivity (Wildman–Crippen MR) is 74.9 cm³/mol. The van der Waals surface area contributed by atoms with Gasteiger partial charge in [-0.05, 0) is 6.42 Å². The van der Waals surface area contributed by atoms with Gasteiger partial charge in [0.05, 0.1) is 13.1 Å². The van der Waals surface area contributed by atoms with E-state index in [1.165, 1.54) is 6.92 Å². The Balaban J connectivity index is 5.36. The fraction of sp³-hybridized carbons (Fsp3) is 0.667. The van der Waals surface area contributed by atoms with Crippen LogP contribution in [-0.2, 0) is 19.2 Å². The first-order valence-corrected chi connectivity index (χ1v) is 6.77. The van der Waals surface area contributed by atoms with Crippen molar-refractivity contribution in [3.8, 4) is 0 Å². The van der Waals surface area contributed by atoms with Crippen LogP contribution in [0.2, 0.25) is 0 Å². The molecule has 6 N–H and O–H groups in total. The van der Waals surface area contributed by atoms with Crippen molar-refractivity contribution in [3.05, 3.63) is 0 Å². The lowest BCUT2D eigenvalue weighted by molar-refractivity contribution is -0.272. The zero-order valence-electron chi connectivity index (χ0n) is 12.8. The molecule has 138 valence electrons. The van der Waals surface area contributed by atoms with E-state index in [0.29, 0.717) is 4.90 Å². The number of carbonyl (C=O) groups is 4. The molecule has 0 rings (SSSR count). The van der Waals surface area contributed by atoms with Gasteiger partial charge in [0.2, 0.25) is 0 Å². The van der Waals surface area contributed by atoms with Crippen LogP contribution in [0, 0.1) is 0 Å². The zero-order chi connectivity index (χ0) is 19.1. The quantitative estimate of drug-likeness (QED) is 0.200. The van der Waals surface area contributed by atoms with Crippen molar-refractivity contribution in [2.24, 2.45) is 0 Å². The summed E-state index contributed by atoms with van der Waals surface area (Å²) in [6.07, 6.45) is -0.177. The molecule has 0 saturated heterocycles. The number of carboxylic acid groups (broad SMARTS) is 4. The third kappa shape index (κ3) is 6.45. The van der Waals surface area contributed by atoms with Crippen LogP contribution >= 0.6 is 0 Å². The fourth-order valence-electron chi connectivity index (χ4n) is 2.03. The Bertz CT molecular complexity index is 476. The molecule has 0 aliphatic rings. The van der Waals surface area contributed by atoms with Gasteiger partial charge in [-0.1, -0.05) is 6.92 Å². The van der Waals surface area contributed by atoms with Crippen LogP contribution in [0.1, 0.15) is 13.3 Å². The molecule has 1 unspecified atom stereocenters. The topological polar surface area (TPSA) is 196 Å². The molecule has 0 aromatic heterocycles. The molecule has 24 heavy (non-hydrogen) atoms. The molecule has 0 spiro atoms. The minimum atomic E-state index is -3.52. The number of carboxylic acids is 4. The van der Waals surface area contributed by atoms with Crippen molar-refractivity contribution < 1.29 is 49.8 Å². The molecule has 1 atom stereocenters. The van der Waals surface area contributed by atoms with E-state index < -0.39 is 62.0 Å². The zero-order valence-corrected chi connectivity index (χ0v) is 12.8. The second-order valence-corrected chi connectivity index (χ2v) is 4.89. The summed E-state index contributed by atoms with van der Waals surface area (Å²) in [6.45, 7) is -1.07. The number of aliphatic hydroxyl groups is 2. The molecular weight excluding hydrogens is 332 g/mol. The first-order chi connectivity index (χ1) is 10.9. The summed E-state index contributed by atoms with van der Waals surface area (Å²) in [5, 5.41) is 54.7. The number of hydrogen-bond donors (Lipinski definition) is 6. The summed E-state index contributed by atoms with van der Waals surface area (Å²) in [4.78, 5) is 44.8. The molecule has 12 nitrogen and oxygen atoms in total. The summed E-state index contributed by atoms with van der Waals surface area (Å²) in [5.41, 5.74) is 0. The van der Waals surface area contributed by atoms with Crippen molar-refractivity contribution in [1.82, 2.24) is 9.80 Å². The smallest absolute Gasteiger partial charge is 0.381 e. The highest BCUT2D eigenvalue weighted by Crippen LogP contribution is 2.16. The monoisotopic (exact) mass is 352 g/mol. The maximum absolute atomic E-state index is 11.2. The molecule has 0 aliphatic heterocycles. The fourth-order valence-corrected chi connectivity index (χ4v) is 2.03. The molecule has 0 radical (unpaired) electrons. The van der Waals surface area contributed by atoms with Crippen molar-refractivity contribution in [1.29, 1.82) is 0 Å². The van der Waals surface area contributed by atoms with Crippen LogP contribution in [0.25, 0.3) is 0 Å². The Morgan fingerprint density at radius 1 is 0.917 bits per heavy atom. The van der Waals surface area contributed by atoms with Gasteiger partial charge < -0.3 is 30.6 Å². The molecule has 0 aromatic carbocycles. The SMILES string of the molecule is CCC(C(=O)O)N(CCN(CC(=O)O)CC(=O)O)C(O)(O)C(=O)O. The average Bonchev–Trinajstić information content (AvgIpc) is 2.40. The summed E-state index contributed by atoms with van der Waals surface area (Å²) in [5.74, 6) is -9.87. The number of aliphatic carboxylic acids is 4. The normalized spacial score (nSPS) is 13.0. The summed E-state index contributed by atoms with van der Waals surface area (Å²) >= 11 is 0. The van der Waals surface area contributed by atoms with Crippen LogP contribution in [0.5, 0.6) is 0 Å². The lowest BCUT2D eigenvalue weighted by Gasteiger charge is -2.36. The third-order valence-corrected chi connectivity index (χ3v) is 3.11. The Kier molecular flexibility index (Phi) is 8.26. The summed E-state index contributed by atoms with van der Waals surface area (Å²) in [6, 6.07) is -1.59. The van der Waals surface area contributed by atoms with E-state index in [0.717, 1.165) is 4.90 Å². The molecule has 12 heteroatoms. The van der Waals surface area contributed by atoms with Gasteiger partial charge in [0.25, 0.3) is 0 Å². The Morgan fingerprint density at radius 3 is 1.67 bits per heavy atom. The number of hydrogen-bond acceptors (Lipinski definition) is 8. The van der Waals surface area contributed by atoms with Gasteiger partial charge in [-0.3, -0.25) is 19.3 Å². The first-order valence-electron chi connectivity index (χ1n) is 6.77. The van der Waals surface area contributed by atoms with E-state index in [9.17, 15) is 29.4 Å². The summed E-state index contributed by atoms with van der Waals surface area (Å²) in [7, 11) is 0. The van der Waals surface area contributed by atoms with Crippen LogP contribution in [0.4, 0.5) is 0 Å². The largest absolute Gasteiger partial charge is 0.480 e. The van der Waals surface area contributed by atoms with E-state index in [4.69, 9.17) is 20.4 Å². The van der Waals surface area contributed by atoms with Gasteiger partial charge in [-0.2, -0.15) is 0 Å². The number of rotatable bonds is 12. The van der Waals surface area contributed by atoms with Crippen LogP contribution in [0.3, 0.4) is 0 Å². The molecular formula is C12H20N2O10. The van der Waals surface area contributed by atoms with Crippen LogP contribution < -0.4 is 0 Å². The van der Waals surface area contributed by atoms with Crippen LogP contribution in [-0.4, -0.2) is 102 Å². The average molecular weight is 352 g/mol. The molecule has 0 aliphatic carbocycles. The minimum absolute atomic E-state index is 0.177. The number of nitrogens with zero attached hydrogens (tertiary/aromatic N) is 2. The lowest BCUT2D eigenvalue weighted by atomic mass is 10.1. The molecule has 0 saturated carbocycles. The minimum Gasteiger partial charge on any atom is -0.480 e. The standard InChI is InChI=1S/C12H20N2O10/c1-2-7(10(19)20)14(12(23,24)11(21)22)4-3-13(5-8(15)16)6-9(17)18/h7,23-24H,2-6H2,1H3,(H,15,16)(H,17,18)(H,19,20)(H,21,22). The highest BCUT2D eigenvalue weighted by Gasteiger charge is 2.46. The van der Waals surface area contributed by atoms with Gasteiger partial charge in [-0.15, -0.1) is 0 Å². The highest BCUT2D eigenvalue weighted by molar-refractivity contribution is 5.78. The van der Waals surface area contributed by atoms with E-state index in [-0.39, 0.29) is 6.42 Å². The van der Waals surface area contributed by atoms with Crippen molar-refractivity contribution >= 4 is 23.9 Å². The van der Waals surface area contributed by atoms with E-state index >= 15 is 0 Å². The third-order valence-electron chi connectivity index (χ3n) is 3.11. The Labute approximate surface area is 136 Å².